The zero-order valence-corrected chi connectivity index (χ0v) is 10.1. The summed E-state index contributed by atoms with van der Waals surface area (Å²) in [7, 11) is 0. The predicted molar refractivity (Wildman–Crippen MR) is 57.5 cm³/mol. The number of rotatable bonds is 0. The SMILES string of the molecule is C1=CC2=Nc3cccc[n+]3CN2C=C1.O.[Br-]. The predicted octanol–water partition coefficient (Wildman–Crippen LogP) is -2.46. The van der Waals surface area contributed by atoms with Crippen molar-refractivity contribution in [2.45, 2.75) is 6.67 Å². The van der Waals surface area contributed by atoms with Gasteiger partial charge in [0.1, 0.15) is 0 Å². The maximum absolute atomic E-state index is 4.53. The van der Waals surface area contributed by atoms with Crippen LogP contribution in [0, 0.1) is 0 Å². The molecule has 2 N–H and O–H groups in total. The van der Waals surface area contributed by atoms with Crippen molar-refractivity contribution >= 4 is 11.7 Å². The minimum atomic E-state index is 0. The van der Waals surface area contributed by atoms with Gasteiger partial charge in [0.05, 0.1) is 6.20 Å². The number of nitrogens with zero attached hydrogens (tertiary/aromatic N) is 3. The summed E-state index contributed by atoms with van der Waals surface area (Å²) >= 11 is 0. The highest BCUT2D eigenvalue weighted by atomic mass is 79.9. The number of fused-ring (bicyclic) bond motifs is 2. The molecule has 0 saturated carbocycles. The van der Waals surface area contributed by atoms with E-state index in [4.69, 9.17) is 0 Å². The van der Waals surface area contributed by atoms with Gasteiger partial charge in [-0.1, -0.05) is 12.1 Å². The maximum atomic E-state index is 4.53. The van der Waals surface area contributed by atoms with Crippen LogP contribution >= 0.6 is 0 Å². The smallest absolute Gasteiger partial charge is 0.327 e. The molecule has 0 spiro atoms. The third kappa shape index (κ3) is 2.05. The summed E-state index contributed by atoms with van der Waals surface area (Å²) in [5.74, 6) is 2.03. The number of hydrogen-bond donors (Lipinski definition) is 0. The van der Waals surface area contributed by atoms with Gasteiger partial charge in [0.2, 0.25) is 0 Å². The Morgan fingerprint density at radius 2 is 2.12 bits per heavy atom. The van der Waals surface area contributed by atoms with E-state index < -0.39 is 0 Å². The summed E-state index contributed by atoms with van der Waals surface area (Å²) in [6.07, 6.45) is 10.1. The fourth-order valence-electron chi connectivity index (χ4n) is 1.66. The minimum absolute atomic E-state index is 0. The van der Waals surface area contributed by atoms with E-state index in [0.717, 1.165) is 18.3 Å². The van der Waals surface area contributed by atoms with Crippen LogP contribution < -0.4 is 21.5 Å². The molecule has 0 atom stereocenters. The van der Waals surface area contributed by atoms with E-state index in [1.54, 1.807) is 0 Å². The van der Waals surface area contributed by atoms with Crippen LogP contribution in [0.3, 0.4) is 0 Å². The Labute approximate surface area is 104 Å². The molecule has 16 heavy (non-hydrogen) atoms. The Morgan fingerprint density at radius 3 is 3.00 bits per heavy atom. The summed E-state index contributed by atoms with van der Waals surface area (Å²) in [4.78, 5) is 6.65. The van der Waals surface area contributed by atoms with Gasteiger partial charge in [0.15, 0.2) is 6.67 Å². The van der Waals surface area contributed by atoms with Crippen molar-refractivity contribution in [3.8, 4) is 0 Å². The molecule has 2 aliphatic heterocycles. The second kappa shape index (κ2) is 5.05. The Hall–Kier alpha value is -1.46. The second-order valence-corrected chi connectivity index (χ2v) is 3.31. The van der Waals surface area contributed by atoms with Crippen molar-refractivity contribution in [2.75, 3.05) is 0 Å². The van der Waals surface area contributed by atoms with Gasteiger partial charge in [0, 0.05) is 18.3 Å². The topological polar surface area (TPSA) is 51.0 Å². The first-order valence-electron chi connectivity index (χ1n) is 4.62. The van der Waals surface area contributed by atoms with E-state index in [-0.39, 0.29) is 22.5 Å². The Balaban J connectivity index is 0.000000640. The summed E-state index contributed by atoms with van der Waals surface area (Å²) in [5, 5.41) is 0. The highest BCUT2D eigenvalue weighted by Crippen LogP contribution is 2.14. The standard InChI is InChI=1S/C11H10N3.BrH.H2O/c1-3-7-13-9-14-8-4-2-6-11(14)12-10(13)5-1;;/h1-8H,9H2;1H;1H2/q+1;;/p-1. The Bertz CT molecular complexity index is 468. The molecule has 0 radical (unpaired) electrons. The van der Waals surface area contributed by atoms with Crippen LogP contribution in [0.25, 0.3) is 0 Å². The number of aliphatic imine (C=N–C) groups is 1. The zero-order valence-electron chi connectivity index (χ0n) is 8.55. The van der Waals surface area contributed by atoms with Gasteiger partial charge in [-0.2, -0.15) is 0 Å². The monoisotopic (exact) mass is 281 g/mol. The third-order valence-corrected chi connectivity index (χ3v) is 2.37. The quantitative estimate of drug-likeness (QED) is 0.487. The molecule has 0 saturated heterocycles. The minimum Gasteiger partial charge on any atom is -1.00 e. The van der Waals surface area contributed by atoms with Gasteiger partial charge < -0.3 is 22.5 Å². The van der Waals surface area contributed by atoms with E-state index in [1.165, 1.54) is 0 Å². The van der Waals surface area contributed by atoms with Crippen molar-refractivity contribution in [3.63, 3.8) is 0 Å². The van der Waals surface area contributed by atoms with Crippen molar-refractivity contribution in [3.05, 3.63) is 48.8 Å². The lowest BCUT2D eigenvalue weighted by atomic mass is 10.3. The van der Waals surface area contributed by atoms with E-state index in [0.29, 0.717) is 0 Å². The molecule has 3 heterocycles. The molecule has 4 nitrogen and oxygen atoms in total. The molecule has 84 valence electrons. The van der Waals surface area contributed by atoms with Crippen LogP contribution in [0.4, 0.5) is 5.82 Å². The van der Waals surface area contributed by atoms with Crippen LogP contribution in [0.2, 0.25) is 0 Å². The van der Waals surface area contributed by atoms with E-state index in [1.807, 2.05) is 48.8 Å². The highest BCUT2D eigenvalue weighted by molar-refractivity contribution is 5.96. The van der Waals surface area contributed by atoms with E-state index >= 15 is 0 Å². The van der Waals surface area contributed by atoms with Crippen molar-refractivity contribution in [1.29, 1.82) is 0 Å². The average molecular weight is 282 g/mol. The van der Waals surface area contributed by atoms with Gasteiger partial charge in [0.25, 0.3) is 5.84 Å². The van der Waals surface area contributed by atoms with Gasteiger partial charge in [-0.25, -0.2) is 4.57 Å². The number of amidine groups is 1. The molecular weight excluding hydrogens is 270 g/mol. The summed E-state index contributed by atoms with van der Waals surface area (Å²) in [5.41, 5.74) is 0. The molecule has 0 fully saturated rings. The fraction of sp³-hybridized carbons (Fsp3) is 0.0909. The molecule has 1 aromatic rings. The lowest BCUT2D eigenvalue weighted by molar-refractivity contribution is -0.700. The van der Waals surface area contributed by atoms with Crippen LogP contribution in [-0.2, 0) is 6.67 Å². The average Bonchev–Trinajstić information content (AvgIpc) is 2.26. The van der Waals surface area contributed by atoms with Gasteiger partial charge in [-0.05, 0) is 17.1 Å². The summed E-state index contributed by atoms with van der Waals surface area (Å²) in [6.45, 7) is 0.843. The first-order chi connectivity index (χ1) is 6.93. The molecule has 0 amide bonds. The molecule has 5 heteroatoms. The second-order valence-electron chi connectivity index (χ2n) is 3.31. The molecule has 0 aliphatic carbocycles. The molecule has 3 rings (SSSR count). The first-order valence-corrected chi connectivity index (χ1v) is 4.62. The lowest BCUT2D eigenvalue weighted by Gasteiger charge is -2.21. The van der Waals surface area contributed by atoms with Gasteiger partial charge >= 0.3 is 5.82 Å². The number of halogens is 1. The van der Waals surface area contributed by atoms with Crippen molar-refractivity contribution in [2.24, 2.45) is 4.99 Å². The fourth-order valence-corrected chi connectivity index (χ4v) is 1.66. The van der Waals surface area contributed by atoms with Crippen LogP contribution in [0.5, 0.6) is 0 Å². The zero-order chi connectivity index (χ0) is 9.38. The van der Waals surface area contributed by atoms with Gasteiger partial charge in [-0.3, -0.25) is 4.90 Å². The lowest BCUT2D eigenvalue weighted by Crippen LogP contribution is -3.00. The highest BCUT2D eigenvalue weighted by Gasteiger charge is 2.23. The first kappa shape index (κ1) is 12.6. The molecule has 2 aliphatic rings. The largest absolute Gasteiger partial charge is 1.00 e. The molecule has 0 bridgehead atoms. The van der Waals surface area contributed by atoms with Crippen LogP contribution in [-0.4, -0.2) is 16.2 Å². The normalized spacial score (nSPS) is 15.2. The molecule has 1 aromatic heterocycles. The maximum Gasteiger partial charge on any atom is 0.327 e. The number of pyridine rings is 1. The number of allylic oxidation sites excluding steroid dienone is 2. The van der Waals surface area contributed by atoms with Gasteiger partial charge in [-0.15, -0.1) is 0 Å². The van der Waals surface area contributed by atoms with Crippen molar-refractivity contribution < 1.29 is 27.0 Å². The van der Waals surface area contributed by atoms with Crippen LogP contribution in [0.1, 0.15) is 0 Å². The van der Waals surface area contributed by atoms with Crippen LogP contribution in [0.15, 0.2) is 53.8 Å². The molecule has 0 aromatic carbocycles. The number of hydrogen-bond acceptors (Lipinski definition) is 2. The molecular formula is C11H12BrN3O. The Morgan fingerprint density at radius 1 is 1.25 bits per heavy atom. The summed E-state index contributed by atoms with van der Waals surface area (Å²) in [6, 6.07) is 6.05. The summed E-state index contributed by atoms with van der Waals surface area (Å²) < 4.78 is 2.12. The third-order valence-electron chi connectivity index (χ3n) is 2.37. The van der Waals surface area contributed by atoms with Crippen molar-refractivity contribution in [1.82, 2.24) is 4.90 Å². The molecule has 0 unspecified atom stereocenters. The number of aromatic nitrogens is 1. The van der Waals surface area contributed by atoms with E-state index in [9.17, 15) is 0 Å². The Kier molecular flexibility index (Phi) is 3.98. The van der Waals surface area contributed by atoms with E-state index in [2.05, 4.69) is 14.5 Å².